The van der Waals surface area contributed by atoms with E-state index in [4.69, 9.17) is 23.1 Å². The number of carbonyl (C=O) groups excluding carboxylic acids is 1. The number of rotatable bonds is 4. The molecule has 0 bridgehead atoms. The predicted octanol–water partition coefficient (Wildman–Crippen LogP) is 2.09. The number of carbonyl (C=O) groups is 1. The molecule has 4 N–H and O–H groups in total. The average molecular weight is 330 g/mol. The van der Waals surface area contributed by atoms with Gasteiger partial charge in [-0.1, -0.05) is 34.7 Å². The van der Waals surface area contributed by atoms with Crippen LogP contribution in [0.2, 0.25) is 5.02 Å². The van der Waals surface area contributed by atoms with Gasteiger partial charge in [-0.05, 0) is 12.1 Å². The Morgan fingerprint density at radius 2 is 2.10 bits per heavy atom. The first-order chi connectivity index (χ1) is 9.38. The van der Waals surface area contributed by atoms with E-state index in [1.54, 1.807) is 6.07 Å². The molecule has 0 atom stereocenters. The van der Waals surface area contributed by atoms with Gasteiger partial charge in [0.05, 0.1) is 10.6 Å². The molecular weight excluding hydrogens is 318 g/mol. The maximum absolute atomic E-state index is 11.5. The first-order valence-corrected chi connectivity index (χ1v) is 7.47. The number of aromatic nitrogens is 2. The van der Waals surface area contributed by atoms with Crippen molar-refractivity contribution in [3.63, 3.8) is 0 Å². The van der Waals surface area contributed by atoms with Crippen molar-refractivity contribution < 1.29 is 4.79 Å². The van der Waals surface area contributed by atoms with Crippen molar-refractivity contribution >= 4 is 51.4 Å². The van der Waals surface area contributed by atoms with Gasteiger partial charge in [-0.3, -0.25) is 4.79 Å². The van der Waals surface area contributed by atoms with Crippen LogP contribution in [0.4, 0.5) is 10.8 Å². The van der Waals surface area contributed by atoms with Gasteiger partial charge in [-0.2, -0.15) is 0 Å². The summed E-state index contributed by atoms with van der Waals surface area (Å²) < 4.78 is 0.669. The summed E-state index contributed by atoms with van der Waals surface area (Å²) in [6.45, 7) is 0. The number of nitrogen functional groups attached to an aromatic ring is 1. The molecular formula is C11H12ClN5OS2. The lowest BCUT2D eigenvalue weighted by Gasteiger charge is -2.08. The molecule has 2 aromatic rings. The smallest absolute Gasteiger partial charge is 0.249 e. The number of amides is 1. The number of primary amides is 1. The van der Waals surface area contributed by atoms with Gasteiger partial charge >= 0.3 is 0 Å². The number of hydrogen-bond donors (Lipinski definition) is 2. The standard InChI is InChI=1S/C11H12ClN5OS2/c1-17(2)10-15-16-11(20-10)19-8-6(9(14)18)3-5(13)4-7(8)12/h3-4H,13H2,1-2H3,(H2,14,18). The zero-order valence-corrected chi connectivity index (χ0v) is 13.1. The highest BCUT2D eigenvalue weighted by Gasteiger charge is 2.17. The molecule has 0 saturated carbocycles. The first-order valence-electron chi connectivity index (χ1n) is 5.46. The molecule has 106 valence electrons. The van der Waals surface area contributed by atoms with Gasteiger partial charge in [-0.25, -0.2) is 0 Å². The summed E-state index contributed by atoms with van der Waals surface area (Å²) in [5.74, 6) is -0.584. The topological polar surface area (TPSA) is 98.1 Å². The molecule has 1 aromatic carbocycles. The maximum atomic E-state index is 11.5. The Bertz CT molecular complexity index is 658. The zero-order chi connectivity index (χ0) is 14.9. The van der Waals surface area contributed by atoms with Crippen LogP contribution in [-0.4, -0.2) is 30.2 Å². The van der Waals surface area contributed by atoms with E-state index in [0.29, 0.717) is 19.9 Å². The van der Waals surface area contributed by atoms with E-state index in [0.717, 1.165) is 5.13 Å². The molecule has 1 aromatic heterocycles. The molecule has 20 heavy (non-hydrogen) atoms. The summed E-state index contributed by atoms with van der Waals surface area (Å²) in [4.78, 5) is 13.9. The Balaban J connectivity index is 2.39. The quantitative estimate of drug-likeness (QED) is 0.833. The Morgan fingerprint density at radius 1 is 1.40 bits per heavy atom. The van der Waals surface area contributed by atoms with E-state index in [-0.39, 0.29) is 5.56 Å². The fourth-order valence-electron chi connectivity index (χ4n) is 1.41. The van der Waals surface area contributed by atoms with Gasteiger partial charge in [0.1, 0.15) is 0 Å². The molecule has 9 heteroatoms. The first kappa shape index (κ1) is 14.9. The van der Waals surface area contributed by atoms with Gasteiger partial charge in [-0.15, -0.1) is 10.2 Å². The number of nitrogens with two attached hydrogens (primary N) is 2. The summed E-state index contributed by atoms with van der Waals surface area (Å²) in [7, 11) is 3.75. The minimum absolute atomic E-state index is 0.279. The van der Waals surface area contributed by atoms with E-state index in [9.17, 15) is 4.79 Å². The van der Waals surface area contributed by atoms with E-state index in [2.05, 4.69) is 10.2 Å². The Morgan fingerprint density at radius 3 is 2.65 bits per heavy atom. The summed E-state index contributed by atoms with van der Waals surface area (Å²) in [6.07, 6.45) is 0. The third kappa shape index (κ3) is 3.14. The highest BCUT2D eigenvalue weighted by molar-refractivity contribution is 8.01. The second-order valence-corrected chi connectivity index (χ2v) is 6.71. The molecule has 0 aliphatic carbocycles. The lowest BCUT2D eigenvalue weighted by Crippen LogP contribution is -2.13. The fourth-order valence-corrected chi connectivity index (χ4v) is 3.58. The second kappa shape index (κ2) is 5.86. The number of nitrogens with zero attached hydrogens (tertiary/aromatic N) is 3. The van der Waals surface area contributed by atoms with Crippen LogP contribution in [0, 0.1) is 0 Å². The number of benzene rings is 1. The summed E-state index contributed by atoms with van der Waals surface area (Å²) >= 11 is 8.78. The molecule has 6 nitrogen and oxygen atoms in total. The lowest BCUT2D eigenvalue weighted by atomic mass is 10.2. The van der Waals surface area contributed by atoms with Crippen LogP contribution in [-0.2, 0) is 0 Å². The van der Waals surface area contributed by atoms with Crippen LogP contribution in [0.1, 0.15) is 10.4 Å². The number of halogens is 1. The monoisotopic (exact) mass is 329 g/mol. The van der Waals surface area contributed by atoms with Crippen LogP contribution < -0.4 is 16.4 Å². The summed E-state index contributed by atoms with van der Waals surface area (Å²) in [6, 6.07) is 3.08. The summed E-state index contributed by atoms with van der Waals surface area (Å²) in [5, 5.41) is 9.20. The van der Waals surface area contributed by atoms with Crippen molar-refractivity contribution in [1.82, 2.24) is 10.2 Å². The van der Waals surface area contributed by atoms with E-state index < -0.39 is 5.91 Å². The molecule has 0 aliphatic heterocycles. The normalized spacial score (nSPS) is 10.6. The van der Waals surface area contributed by atoms with Gasteiger partial charge in [0, 0.05) is 24.7 Å². The molecule has 2 rings (SSSR count). The SMILES string of the molecule is CN(C)c1nnc(Sc2c(Cl)cc(N)cc2C(N)=O)s1. The van der Waals surface area contributed by atoms with Crippen molar-refractivity contribution in [3.05, 3.63) is 22.7 Å². The highest BCUT2D eigenvalue weighted by atomic mass is 35.5. The van der Waals surface area contributed by atoms with Gasteiger partial charge in [0.15, 0.2) is 4.34 Å². The summed E-state index contributed by atoms with van der Waals surface area (Å²) in [5.41, 5.74) is 11.7. The zero-order valence-electron chi connectivity index (χ0n) is 10.8. The van der Waals surface area contributed by atoms with Crippen molar-refractivity contribution in [3.8, 4) is 0 Å². The molecule has 0 unspecified atom stereocenters. The Kier molecular flexibility index (Phi) is 4.36. The minimum atomic E-state index is -0.584. The minimum Gasteiger partial charge on any atom is -0.399 e. The van der Waals surface area contributed by atoms with Crippen LogP contribution in [0.25, 0.3) is 0 Å². The molecule has 0 aliphatic rings. The van der Waals surface area contributed by atoms with Crippen molar-refractivity contribution in [2.75, 3.05) is 24.7 Å². The van der Waals surface area contributed by atoms with Crippen molar-refractivity contribution in [2.45, 2.75) is 9.24 Å². The number of hydrogen-bond acceptors (Lipinski definition) is 7. The van der Waals surface area contributed by atoms with Crippen LogP contribution in [0.3, 0.4) is 0 Å². The van der Waals surface area contributed by atoms with Crippen molar-refractivity contribution in [1.29, 1.82) is 0 Å². The van der Waals surface area contributed by atoms with Crippen LogP contribution >= 0.6 is 34.7 Å². The van der Waals surface area contributed by atoms with Crippen LogP contribution in [0.15, 0.2) is 21.4 Å². The molecule has 1 heterocycles. The molecule has 0 spiro atoms. The van der Waals surface area contributed by atoms with Gasteiger partial charge in [0.2, 0.25) is 11.0 Å². The Hall–Kier alpha value is -1.51. The van der Waals surface area contributed by atoms with Crippen LogP contribution in [0.5, 0.6) is 0 Å². The second-order valence-electron chi connectivity index (χ2n) is 4.09. The van der Waals surface area contributed by atoms with Gasteiger partial charge < -0.3 is 16.4 Å². The van der Waals surface area contributed by atoms with Gasteiger partial charge in [0.25, 0.3) is 0 Å². The fraction of sp³-hybridized carbons (Fsp3) is 0.182. The average Bonchev–Trinajstić information content (AvgIpc) is 2.80. The largest absolute Gasteiger partial charge is 0.399 e. The third-order valence-corrected chi connectivity index (χ3v) is 5.00. The molecule has 0 radical (unpaired) electrons. The third-order valence-electron chi connectivity index (χ3n) is 2.30. The lowest BCUT2D eigenvalue weighted by molar-refractivity contribution is 0.0997. The van der Waals surface area contributed by atoms with E-state index >= 15 is 0 Å². The maximum Gasteiger partial charge on any atom is 0.249 e. The van der Waals surface area contributed by atoms with E-state index in [1.165, 1.54) is 29.2 Å². The number of anilines is 2. The molecule has 0 fully saturated rings. The molecule has 0 saturated heterocycles. The van der Waals surface area contributed by atoms with E-state index in [1.807, 2.05) is 19.0 Å². The Labute approximate surface area is 129 Å². The molecule has 1 amide bonds. The predicted molar refractivity (Wildman–Crippen MR) is 82.7 cm³/mol. The van der Waals surface area contributed by atoms with Crippen molar-refractivity contribution in [2.24, 2.45) is 5.73 Å². The highest BCUT2D eigenvalue weighted by Crippen LogP contribution is 2.39.